The quantitative estimate of drug-likeness (QED) is 0.378. The Morgan fingerprint density at radius 1 is 1.18 bits per heavy atom. The third kappa shape index (κ3) is 5.37. The van der Waals surface area contributed by atoms with Crippen molar-refractivity contribution in [1.82, 2.24) is 9.88 Å². The molecule has 0 saturated heterocycles. The number of phenolic OH excluding ortho intramolecular Hbond substituents is 1. The SMILES string of the molecule is CNC(=O)S/C(C=O)=C\c1cc(-c2ccc(S(C)=O)cc2)n(-c2cc(OC)ccc2O)c1C. The third-order valence-electron chi connectivity index (χ3n) is 5.02. The minimum Gasteiger partial charge on any atom is -0.506 e. The van der Waals surface area contributed by atoms with Crippen LogP contribution in [0.1, 0.15) is 11.3 Å². The van der Waals surface area contributed by atoms with Crippen molar-refractivity contribution in [1.29, 1.82) is 0 Å². The van der Waals surface area contributed by atoms with Gasteiger partial charge in [0.1, 0.15) is 11.5 Å². The molecule has 1 atom stereocenters. The number of hydrogen-bond donors (Lipinski definition) is 2. The van der Waals surface area contributed by atoms with E-state index in [1.165, 1.54) is 7.05 Å². The molecule has 7 nitrogen and oxygen atoms in total. The number of nitrogens with one attached hydrogen (secondary N) is 1. The molecule has 3 rings (SSSR count). The third-order valence-corrected chi connectivity index (χ3v) is 6.80. The molecule has 0 aliphatic rings. The van der Waals surface area contributed by atoms with Gasteiger partial charge in [-0.1, -0.05) is 12.1 Å². The van der Waals surface area contributed by atoms with Gasteiger partial charge in [-0.15, -0.1) is 0 Å². The van der Waals surface area contributed by atoms with Crippen molar-refractivity contribution < 1.29 is 23.6 Å². The second kappa shape index (κ2) is 10.5. The highest BCUT2D eigenvalue weighted by Crippen LogP contribution is 2.36. The number of benzene rings is 2. The minimum atomic E-state index is -1.11. The number of allylic oxidation sites excluding steroid dienone is 1. The number of carbonyl (C=O) groups is 2. The Hall–Kier alpha value is -3.30. The Labute approximate surface area is 198 Å². The van der Waals surface area contributed by atoms with Gasteiger partial charge in [-0.2, -0.15) is 0 Å². The van der Waals surface area contributed by atoms with Gasteiger partial charge in [-0.05, 0) is 66.2 Å². The average molecular weight is 485 g/mol. The van der Waals surface area contributed by atoms with Crippen molar-refractivity contribution in [2.75, 3.05) is 20.4 Å². The first-order valence-electron chi connectivity index (χ1n) is 9.89. The van der Waals surface area contributed by atoms with E-state index in [9.17, 15) is 18.9 Å². The highest BCUT2D eigenvalue weighted by atomic mass is 32.2. The maximum absolute atomic E-state index is 11.8. The Balaban J connectivity index is 2.25. The Bertz CT molecular complexity index is 1250. The lowest BCUT2D eigenvalue weighted by molar-refractivity contribution is -0.104. The molecule has 33 heavy (non-hydrogen) atoms. The summed E-state index contributed by atoms with van der Waals surface area (Å²) in [5.74, 6) is 0.618. The maximum Gasteiger partial charge on any atom is 0.283 e. The van der Waals surface area contributed by atoms with E-state index >= 15 is 0 Å². The van der Waals surface area contributed by atoms with Crippen molar-refractivity contribution in [3.8, 4) is 28.4 Å². The molecule has 0 aliphatic carbocycles. The zero-order valence-electron chi connectivity index (χ0n) is 18.6. The summed E-state index contributed by atoms with van der Waals surface area (Å²) >= 11 is 0.800. The molecule has 9 heteroatoms. The van der Waals surface area contributed by atoms with E-state index in [1.807, 2.05) is 29.7 Å². The molecular weight excluding hydrogens is 460 g/mol. The number of rotatable bonds is 7. The van der Waals surface area contributed by atoms with Gasteiger partial charge in [0.05, 0.1) is 23.4 Å². The molecular formula is C24H24N2O5S2. The predicted octanol–water partition coefficient (Wildman–Crippen LogP) is 4.52. The number of ether oxygens (including phenoxy) is 1. The molecule has 0 spiro atoms. The van der Waals surface area contributed by atoms with E-state index in [0.717, 1.165) is 28.7 Å². The first-order chi connectivity index (χ1) is 15.8. The van der Waals surface area contributed by atoms with Crippen LogP contribution in [0, 0.1) is 6.92 Å². The van der Waals surface area contributed by atoms with Crippen LogP contribution in [-0.2, 0) is 15.6 Å². The number of thioether (sulfide) groups is 1. The summed E-state index contributed by atoms with van der Waals surface area (Å²) in [4.78, 5) is 24.3. The first kappa shape index (κ1) is 24.3. The molecule has 2 N–H and O–H groups in total. The molecule has 1 heterocycles. The zero-order valence-corrected chi connectivity index (χ0v) is 20.3. The van der Waals surface area contributed by atoms with Gasteiger partial charge < -0.3 is 19.7 Å². The van der Waals surface area contributed by atoms with Crippen molar-refractivity contribution in [3.63, 3.8) is 0 Å². The smallest absolute Gasteiger partial charge is 0.283 e. The minimum absolute atomic E-state index is 0.0490. The number of hydrogen-bond acceptors (Lipinski definition) is 6. The highest BCUT2D eigenvalue weighted by Gasteiger charge is 2.18. The molecule has 2 aromatic carbocycles. The van der Waals surface area contributed by atoms with Gasteiger partial charge in [0.2, 0.25) is 0 Å². The van der Waals surface area contributed by atoms with Gasteiger partial charge in [0, 0.05) is 40.8 Å². The number of aromatic nitrogens is 1. The predicted molar refractivity (Wildman–Crippen MR) is 133 cm³/mol. The fourth-order valence-corrected chi connectivity index (χ4v) is 4.39. The summed E-state index contributed by atoms with van der Waals surface area (Å²) in [7, 11) is 1.93. The van der Waals surface area contributed by atoms with Gasteiger partial charge in [0.15, 0.2) is 6.29 Å². The first-order valence-corrected chi connectivity index (χ1v) is 12.3. The van der Waals surface area contributed by atoms with Gasteiger partial charge >= 0.3 is 0 Å². The van der Waals surface area contributed by atoms with E-state index < -0.39 is 10.8 Å². The van der Waals surface area contributed by atoms with Crippen LogP contribution in [-0.4, -0.2) is 45.8 Å². The number of aldehydes is 1. The second-order valence-electron chi connectivity index (χ2n) is 7.04. The summed E-state index contributed by atoms with van der Waals surface area (Å²) in [6, 6.07) is 14.1. The standard InChI is InChI=1S/C24H24N2O5S2/c1-15-17(11-19(14-27)32-24(29)25-2)12-21(16-5-8-20(9-6-16)33(4)30)26(15)22-13-18(31-3)7-10-23(22)28/h5-14,28H,1-4H3,(H,25,29)/b19-11-. The number of phenols is 1. The van der Waals surface area contributed by atoms with Crippen molar-refractivity contribution in [2.24, 2.45) is 0 Å². The van der Waals surface area contributed by atoms with Crippen molar-refractivity contribution >= 4 is 40.2 Å². The van der Waals surface area contributed by atoms with Crippen molar-refractivity contribution in [2.45, 2.75) is 11.8 Å². The lowest BCUT2D eigenvalue weighted by atomic mass is 10.1. The van der Waals surface area contributed by atoms with E-state index in [1.54, 1.807) is 49.8 Å². The second-order valence-corrected chi connectivity index (χ2v) is 9.47. The summed E-state index contributed by atoms with van der Waals surface area (Å²) in [6.07, 6.45) is 3.88. The Morgan fingerprint density at radius 2 is 1.88 bits per heavy atom. The number of aromatic hydroxyl groups is 1. The van der Waals surface area contributed by atoms with Crippen LogP contribution in [0.5, 0.6) is 11.5 Å². The summed E-state index contributed by atoms with van der Waals surface area (Å²) in [5.41, 5.74) is 3.50. The Kier molecular flexibility index (Phi) is 7.78. The lowest BCUT2D eigenvalue weighted by Crippen LogP contribution is -2.11. The molecule has 1 unspecified atom stereocenters. The van der Waals surface area contributed by atoms with Gasteiger partial charge in [-0.25, -0.2) is 0 Å². The fourth-order valence-electron chi connectivity index (χ4n) is 3.32. The maximum atomic E-state index is 11.8. The van der Waals surface area contributed by atoms with E-state index in [0.29, 0.717) is 28.2 Å². The molecule has 0 aliphatic heterocycles. The van der Waals surface area contributed by atoms with Crippen LogP contribution < -0.4 is 10.1 Å². The molecule has 172 valence electrons. The van der Waals surface area contributed by atoms with Crippen LogP contribution in [0.15, 0.2) is 58.3 Å². The zero-order chi connectivity index (χ0) is 24.1. The van der Waals surface area contributed by atoms with Crippen LogP contribution in [0.4, 0.5) is 4.79 Å². The van der Waals surface area contributed by atoms with E-state index in [2.05, 4.69) is 5.32 Å². The summed E-state index contributed by atoms with van der Waals surface area (Å²) < 4.78 is 19.0. The average Bonchev–Trinajstić information content (AvgIpc) is 3.14. The van der Waals surface area contributed by atoms with Crippen molar-refractivity contribution in [3.05, 3.63) is 64.7 Å². The normalized spacial score (nSPS) is 12.3. The molecule has 0 fully saturated rings. The molecule has 1 aromatic heterocycles. The molecule has 3 aromatic rings. The highest BCUT2D eigenvalue weighted by molar-refractivity contribution is 8.17. The van der Waals surface area contributed by atoms with Gasteiger partial charge in [0.25, 0.3) is 5.24 Å². The van der Waals surface area contributed by atoms with E-state index in [-0.39, 0.29) is 15.9 Å². The van der Waals surface area contributed by atoms with Crippen LogP contribution >= 0.6 is 11.8 Å². The number of methoxy groups -OCH3 is 1. The summed E-state index contributed by atoms with van der Waals surface area (Å²) in [5, 5.41) is 12.8. The molecule has 1 amide bonds. The summed E-state index contributed by atoms with van der Waals surface area (Å²) in [6.45, 7) is 1.86. The van der Waals surface area contributed by atoms with Gasteiger partial charge in [-0.3, -0.25) is 13.8 Å². The topological polar surface area (TPSA) is 97.6 Å². The Morgan fingerprint density at radius 3 is 2.45 bits per heavy atom. The van der Waals surface area contributed by atoms with E-state index in [4.69, 9.17) is 4.74 Å². The molecule has 0 radical (unpaired) electrons. The fraction of sp³-hybridized carbons (Fsp3) is 0.167. The lowest BCUT2D eigenvalue weighted by Gasteiger charge is -2.15. The number of amides is 1. The number of carbonyl (C=O) groups excluding carboxylic acids is 2. The number of nitrogens with zero attached hydrogens (tertiary/aromatic N) is 1. The monoisotopic (exact) mass is 484 g/mol. The molecule has 0 bridgehead atoms. The largest absolute Gasteiger partial charge is 0.506 e. The van der Waals surface area contributed by atoms with Crippen LogP contribution in [0.2, 0.25) is 0 Å². The van der Waals surface area contributed by atoms with Crippen LogP contribution in [0.25, 0.3) is 23.0 Å². The van der Waals surface area contributed by atoms with Crippen LogP contribution in [0.3, 0.4) is 0 Å². The molecule has 0 saturated carbocycles.